The molecule has 0 aliphatic rings. The quantitative estimate of drug-likeness (QED) is 0.656. The zero-order valence-electron chi connectivity index (χ0n) is 8.81. The summed E-state index contributed by atoms with van der Waals surface area (Å²) in [6, 6.07) is 4.36. The van der Waals surface area contributed by atoms with Gasteiger partial charge in [0.05, 0.1) is 4.92 Å². The van der Waals surface area contributed by atoms with Crippen molar-refractivity contribution in [3.05, 3.63) is 38.9 Å². The minimum atomic E-state index is -0.465. The number of nitro benzene ring substituents is 1. The Morgan fingerprint density at radius 2 is 2.24 bits per heavy atom. The highest BCUT2D eigenvalue weighted by molar-refractivity contribution is 6.35. The molecule has 0 aliphatic carbocycles. The lowest BCUT2D eigenvalue weighted by Crippen LogP contribution is -1.90. The van der Waals surface area contributed by atoms with Gasteiger partial charge in [-0.3, -0.25) is 10.1 Å². The van der Waals surface area contributed by atoms with Gasteiger partial charge in [-0.15, -0.1) is 0 Å². The van der Waals surface area contributed by atoms with Gasteiger partial charge in [0.2, 0.25) is 0 Å². The van der Waals surface area contributed by atoms with Crippen molar-refractivity contribution < 1.29 is 9.45 Å². The van der Waals surface area contributed by atoms with Crippen LogP contribution < -0.4 is 5.73 Å². The third-order valence-electron chi connectivity index (χ3n) is 2.32. The van der Waals surface area contributed by atoms with Crippen molar-refractivity contribution in [1.29, 1.82) is 0 Å². The molecule has 0 fully saturated rings. The number of hydrogen-bond donors (Lipinski definition) is 1. The number of rotatable bonds is 2. The molecule has 0 radical (unpaired) electrons. The van der Waals surface area contributed by atoms with Crippen LogP contribution in [0.3, 0.4) is 0 Å². The van der Waals surface area contributed by atoms with Crippen molar-refractivity contribution in [2.24, 2.45) is 0 Å². The van der Waals surface area contributed by atoms with E-state index in [-0.39, 0.29) is 16.5 Å². The van der Waals surface area contributed by atoms with E-state index in [1.807, 2.05) is 0 Å². The summed E-state index contributed by atoms with van der Waals surface area (Å²) in [4.78, 5) is 10.1. The summed E-state index contributed by atoms with van der Waals surface area (Å²) in [6.07, 6.45) is 0. The molecule has 17 heavy (non-hydrogen) atoms. The maximum absolute atomic E-state index is 10.6. The Labute approximate surface area is 101 Å². The van der Waals surface area contributed by atoms with Gasteiger partial charge in [-0.25, -0.2) is 0 Å². The molecule has 0 bridgehead atoms. The van der Waals surface area contributed by atoms with E-state index in [9.17, 15) is 10.1 Å². The maximum atomic E-state index is 10.6. The third kappa shape index (κ3) is 1.94. The van der Waals surface area contributed by atoms with Gasteiger partial charge in [0, 0.05) is 17.7 Å². The molecule has 2 aromatic rings. The van der Waals surface area contributed by atoms with Crippen LogP contribution >= 0.6 is 11.6 Å². The van der Waals surface area contributed by atoms with Crippen molar-refractivity contribution in [1.82, 2.24) is 5.16 Å². The van der Waals surface area contributed by atoms with Gasteiger partial charge in [-0.05, 0) is 18.6 Å². The summed E-state index contributed by atoms with van der Waals surface area (Å²) < 4.78 is 4.99. The van der Waals surface area contributed by atoms with E-state index in [1.165, 1.54) is 12.1 Å². The van der Waals surface area contributed by atoms with Crippen molar-refractivity contribution in [2.45, 2.75) is 6.92 Å². The summed E-state index contributed by atoms with van der Waals surface area (Å²) in [6.45, 7) is 1.72. The van der Waals surface area contributed by atoms with E-state index in [0.717, 1.165) is 0 Å². The fourth-order valence-corrected chi connectivity index (χ4v) is 1.65. The third-order valence-corrected chi connectivity index (χ3v) is 2.69. The largest absolute Gasteiger partial charge is 0.380 e. The Balaban J connectivity index is 2.54. The molecule has 88 valence electrons. The van der Waals surface area contributed by atoms with E-state index < -0.39 is 4.92 Å². The summed E-state index contributed by atoms with van der Waals surface area (Å²) in [7, 11) is 0. The lowest BCUT2D eigenvalue weighted by atomic mass is 10.1. The smallest absolute Gasteiger partial charge is 0.269 e. The Hall–Kier alpha value is -2.08. The molecule has 2 rings (SSSR count). The van der Waals surface area contributed by atoms with Crippen molar-refractivity contribution in [2.75, 3.05) is 5.73 Å². The molecule has 1 heterocycles. The maximum Gasteiger partial charge on any atom is 0.269 e. The van der Waals surface area contributed by atoms with Crippen LogP contribution in [0.25, 0.3) is 11.3 Å². The minimum Gasteiger partial charge on any atom is -0.380 e. The number of aromatic nitrogens is 1. The number of aryl methyl sites for hydroxylation is 1. The molecule has 0 saturated carbocycles. The lowest BCUT2D eigenvalue weighted by molar-refractivity contribution is -0.384. The predicted molar refractivity (Wildman–Crippen MR) is 62.8 cm³/mol. The molecule has 7 heteroatoms. The molecule has 1 aromatic heterocycles. The molecule has 0 saturated heterocycles. The second-order valence-corrected chi connectivity index (χ2v) is 3.85. The fraction of sp³-hybridized carbons (Fsp3) is 0.100. The number of non-ortho nitro benzene ring substituents is 1. The van der Waals surface area contributed by atoms with E-state index in [2.05, 4.69) is 5.16 Å². The zero-order chi connectivity index (χ0) is 12.6. The Morgan fingerprint density at radius 3 is 2.71 bits per heavy atom. The predicted octanol–water partition coefficient (Wildman–Crippen LogP) is 2.79. The number of nitrogens with two attached hydrogens (primary N) is 1. The highest BCUT2D eigenvalue weighted by atomic mass is 35.5. The highest BCUT2D eigenvalue weighted by Gasteiger charge is 2.17. The summed E-state index contributed by atoms with van der Waals surface area (Å²) in [5, 5.41) is 14.3. The van der Waals surface area contributed by atoms with Gasteiger partial charge in [0.1, 0.15) is 5.02 Å². The van der Waals surface area contributed by atoms with Crippen molar-refractivity contribution >= 4 is 23.1 Å². The van der Waals surface area contributed by atoms with Crippen LogP contribution in [-0.4, -0.2) is 10.1 Å². The highest BCUT2D eigenvalue weighted by Crippen LogP contribution is 2.35. The zero-order valence-corrected chi connectivity index (χ0v) is 9.56. The normalized spacial score (nSPS) is 10.5. The van der Waals surface area contributed by atoms with Gasteiger partial charge in [-0.2, -0.15) is 0 Å². The van der Waals surface area contributed by atoms with Gasteiger partial charge in [-0.1, -0.05) is 16.8 Å². The molecule has 0 unspecified atom stereocenters. The van der Waals surface area contributed by atoms with E-state index in [0.29, 0.717) is 16.9 Å². The van der Waals surface area contributed by atoms with E-state index in [4.69, 9.17) is 21.9 Å². The van der Waals surface area contributed by atoms with Crippen LogP contribution in [0.5, 0.6) is 0 Å². The second-order valence-electron chi connectivity index (χ2n) is 3.47. The summed E-state index contributed by atoms with van der Waals surface area (Å²) in [5.41, 5.74) is 6.76. The van der Waals surface area contributed by atoms with Crippen molar-refractivity contribution in [3.63, 3.8) is 0 Å². The lowest BCUT2D eigenvalue weighted by Gasteiger charge is -2.01. The first-order valence-electron chi connectivity index (χ1n) is 4.66. The molecule has 2 N–H and O–H groups in total. The van der Waals surface area contributed by atoms with Crippen LogP contribution in [0.1, 0.15) is 5.56 Å². The summed E-state index contributed by atoms with van der Waals surface area (Å²) >= 11 is 5.90. The molecule has 0 atom stereocenters. The Morgan fingerprint density at radius 1 is 1.53 bits per heavy atom. The SMILES string of the molecule is Cc1cc([N+](=O)[O-])ccc1-c1onc(N)c1Cl. The number of benzene rings is 1. The van der Waals surface area contributed by atoms with Gasteiger partial charge in [0.25, 0.3) is 5.69 Å². The first-order valence-corrected chi connectivity index (χ1v) is 5.04. The number of nitrogens with zero attached hydrogens (tertiary/aromatic N) is 2. The second kappa shape index (κ2) is 4.06. The Bertz CT molecular complexity index is 594. The number of anilines is 1. The minimum absolute atomic E-state index is 0.00913. The molecule has 0 spiro atoms. The molecule has 0 aliphatic heterocycles. The van der Waals surface area contributed by atoms with Gasteiger partial charge in [0.15, 0.2) is 11.6 Å². The fourth-order valence-electron chi connectivity index (χ4n) is 1.47. The number of nitro groups is 1. The number of halogens is 1. The Kier molecular flexibility index (Phi) is 2.72. The van der Waals surface area contributed by atoms with Gasteiger partial charge < -0.3 is 10.3 Å². The molecule has 6 nitrogen and oxygen atoms in total. The number of hydrogen-bond acceptors (Lipinski definition) is 5. The van der Waals surface area contributed by atoms with Crippen LogP contribution in [0, 0.1) is 17.0 Å². The standard InChI is InChI=1S/C10H8ClN3O3/c1-5-4-6(14(15)16)2-3-7(5)9-8(11)10(12)13-17-9/h2-4H,1H3,(H2,12,13). The monoisotopic (exact) mass is 253 g/mol. The summed E-state index contributed by atoms with van der Waals surface area (Å²) in [5.74, 6) is 0.413. The van der Waals surface area contributed by atoms with Gasteiger partial charge >= 0.3 is 0 Å². The average molecular weight is 254 g/mol. The molecule has 0 amide bonds. The molecular formula is C10H8ClN3O3. The van der Waals surface area contributed by atoms with Crippen LogP contribution in [0.2, 0.25) is 5.02 Å². The first kappa shape index (κ1) is 11.4. The molecular weight excluding hydrogens is 246 g/mol. The average Bonchev–Trinajstić information content (AvgIpc) is 2.60. The topological polar surface area (TPSA) is 95.2 Å². The van der Waals surface area contributed by atoms with Crippen LogP contribution in [-0.2, 0) is 0 Å². The molecule has 1 aromatic carbocycles. The van der Waals surface area contributed by atoms with Crippen LogP contribution in [0.15, 0.2) is 22.7 Å². The van der Waals surface area contributed by atoms with E-state index in [1.54, 1.807) is 13.0 Å². The first-order chi connectivity index (χ1) is 8.00. The number of nitrogen functional groups attached to an aromatic ring is 1. The van der Waals surface area contributed by atoms with Crippen molar-refractivity contribution in [3.8, 4) is 11.3 Å². The van der Waals surface area contributed by atoms with E-state index >= 15 is 0 Å². The van der Waals surface area contributed by atoms with Crippen LogP contribution in [0.4, 0.5) is 11.5 Å².